The molecule has 5 heteroatoms. The van der Waals surface area contributed by atoms with Crippen molar-refractivity contribution in [1.82, 2.24) is 10.2 Å². The van der Waals surface area contributed by atoms with Gasteiger partial charge in [0.1, 0.15) is 5.54 Å². The Hall–Kier alpha value is -2.04. The van der Waals surface area contributed by atoms with Crippen molar-refractivity contribution in [3.63, 3.8) is 0 Å². The molecular weight excluding hydrogens is 256 g/mol. The van der Waals surface area contributed by atoms with Gasteiger partial charge in [0, 0.05) is 13.1 Å². The maximum atomic E-state index is 12.3. The van der Waals surface area contributed by atoms with Crippen LogP contribution in [0, 0.1) is 0 Å². The van der Waals surface area contributed by atoms with E-state index in [2.05, 4.69) is 11.4 Å². The normalized spacial score (nSPS) is 19.7. The Labute approximate surface area is 117 Å². The highest BCUT2D eigenvalue weighted by molar-refractivity contribution is 5.87. The van der Waals surface area contributed by atoms with Gasteiger partial charge in [0.15, 0.2) is 0 Å². The van der Waals surface area contributed by atoms with Crippen LogP contribution in [0.3, 0.4) is 0 Å². The number of hydrogen-bond acceptors (Lipinski definition) is 2. The summed E-state index contributed by atoms with van der Waals surface area (Å²) in [5.41, 5.74) is 1.38. The number of carbonyl (C=O) groups is 2. The Morgan fingerprint density at radius 3 is 2.50 bits per heavy atom. The van der Waals surface area contributed by atoms with E-state index >= 15 is 0 Å². The van der Waals surface area contributed by atoms with Gasteiger partial charge < -0.3 is 15.3 Å². The molecule has 0 bridgehead atoms. The molecule has 0 radical (unpaired) electrons. The quantitative estimate of drug-likeness (QED) is 0.863. The van der Waals surface area contributed by atoms with Crippen molar-refractivity contribution in [1.29, 1.82) is 0 Å². The van der Waals surface area contributed by atoms with Crippen molar-refractivity contribution in [3.8, 4) is 0 Å². The van der Waals surface area contributed by atoms with Crippen molar-refractivity contribution in [2.45, 2.75) is 37.8 Å². The molecule has 1 aliphatic heterocycles. The lowest BCUT2D eigenvalue weighted by molar-refractivity contribution is -0.148. The predicted molar refractivity (Wildman–Crippen MR) is 73.3 cm³/mol. The molecule has 0 saturated heterocycles. The molecule has 3 rings (SSSR count). The predicted octanol–water partition coefficient (Wildman–Crippen LogP) is 1.76. The van der Waals surface area contributed by atoms with Crippen LogP contribution in [0.25, 0.3) is 0 Å². The Kier molecular flexibility index (Phi) is 3.12. The molecule has 1 saturated carbocycles. The number of carboxylic acids is 1. The zero-order valence-corrected chi connectivity index (χ0v) is 11.3. The molecule has 1 aliphatic carbocycles. The average molecular weight is 274 g/mol. The summed E-state index contributed by atoms with van der Waals surface area (Å²) in [7, 11) is 0. The third-order valence-electron chi connectivity index (χ3n) is 4.38. The van der Waals surface area contributed by atoms with E-state index < -0.39 is 11.5 Å². The Bertz CT molecular complexity index is 552. The highest BCUT2D eigenvalue weighted by Crippen LogP contribution is 2.32. The topological polar surface area (TPSA) is 69.6 Å². The van der Waals surface area contributed by atoms with Crippen molar-refractivity contribution in [2.75, 3.05) is 6.54 Å². The lowest BCUT2D eigenvalue weighted by Crippen LogP contribution is -2.61. The van der Waals surface area contributed by atoms with Crippen LogP contribution in [0.15, 0.2) is 24.3 Å². The maximum Gasteiger partial charge on any atom is 0.329 e. The Morgan fingerprint density at radius 2 is 1.90 bits per heavy atom. The minimum atomic E-state index is -1.03. The molecule has 106 valence electrons. The number of carbonyl (C=O) groups excluding carboxylic acids is 1. The van der Waals surface area contributed by atoms with Gasteiger partial charge in [-0.2, -0.15) is 0 Å². The van der Waals surface area contributed by atoms with Gasteiger partial charge in [-0.25, -0.2) is 9.59 Å². The molecule has 1 aromatic rings. The summed E-state index contributed by atoms with van der Waals surface area (Å²) < 4.78 is 0. The van der Waals surface area contributed by atoms with E-state index in [0.29, 0.717) is 25.9 Å². The summed E-state index contributed by atoms with van der Waals surface area (Å²) in [6.07, 6.45) is 2.73. The number of hydrogen-bond donors (Lipinski definition) is 2. The third kappa shape index (κ3) is 2.13. The third-order valence-corrected chi connectivity index (χ3v) is 4.38. The van der Waals surface area contributed by atoms with Crippen molar-refractivity contribution >= 4 is 12.0 Å². The first-order chi connectivity index (χ1) is 9.61. The SMILES string of the molecule is O=C(NC1(C(=O)O)CCC1)N1CCc2ccccc2C1. The molecule has 1 heterocycles. The zero-order chi connectivity index (χ0) is 14.2. The summed E-state index contributed by atoms with van der Waals surface area (Å²) >= 11 is 0. The monoisotopic (exact) mass is 274 g/mol. The van der Waals surface area contributed by atoms with Crippen LogP contribution in [0.4, 0.5) is 4.79 Å². The molecule has 0 unspecified atom stereocenters. The number of nitrogens with zero attached hydrogens (tertiary/aromatic N) is 1. The highest BCUT2D eigenvalue weighted by Gasteiger charge is 2.46. The summed E-state index contributed by atoms with van der Waals surface area (Å²) in [6.45, 7) is 1.19. The Morgan fingerprint density at radius 1 is 1.20 bits per heavy atom. The molecule has 2 amide bonds. The van der Waals surface area contributed by atoms with Gasteiger partial charge >= 0.3 is 12.0 Å². The number of rotatable bonds is 2. The van der Waals surface area contributed by atoms with Crippen LogP contribution in [-0.4, -0.2) is 34.1 Å². The van der Waals surface area contributed by atoms with E-state index in [1.807, 2.05) is 18.2 Å². The number of nitrogens with one attached hydrogen (secondary N) is 1. The van der Waals surface area contributed by atoms with Crippen LogP contribution < -0.4 is 5.32 Å². The summed E-state index contributed by atoms with van der Waals surface area (Å²) in [4.78, 5) is 25.3. The minimum Gasteiger partial charge on any atom is -0.480 e. The summed E-state index contributed by atoms with van der Waals surface area (Å²) in [5.74, 6) is -0.922. The van der Waals surface area contributed by atoms with Crippen molar-refractivity contribution < 1.29 is 14.7 Å². The molecule has 1 fully saturated rings. The van der Waals surface area contributed by atoms with Crippen LogP contribution >= 0.6 is 0 Å². The smallest absolute Gasteiger partial charge is 0.329 e. The van der Waals surface area contributed by atoms with Gasteiger partial charge in [-0.05, 0) is 36.8 Å². The fourth-order valence-corrected chi connectivity index (χ4v) is 2.88. The highest BCUT2D eigenvalue weighted by atomic mass is 16.4. The first kappa shape index (κ1) is 13.0. The maximum absolute atomic E-state index is 12.3. The second-order valence-corrected chi connectivity index (χ2v) is 5.61. The van der Waals surface area contributed by atoms with Gasteiger partial charge in [-0.1, -0.05) is 24.3 Å². The molecule has 1 aromatic carbocycles. The van der Waals surface area contributed by atoms with Crippen LogP contribution in [-0.2, 0) is 17.8 Å². The van der Waals surface area contributed by atoms with Gasteiger partial charge in [-0.15, -0.1) is 0 Å². The number of carboxylic acid groups (broad SMARTS) is 1. The van der Waals surface area contributed by atoms with Crippen LogP contribution in [0.2, 0.25) is 0 Å². The minimum absolute atomic E-state index is 0.262. The fraction of sp³-hybridized carbons (Fsp3) is 0.467. The van der Waals surface area contributed by atoms with Crippen LogP contribution in [0.1, 0.15) is 30.4 Å². The van der Waals surface area contributed by atoms with E-state index in [1.54, 1.807) is 4.90 Å². The number of urea groups is 1. The molecule has 0 spiro atoms. The largest absolute Gasteiger partial charge is 0.480 e. The molecule has 0 atom stereocenters. The lowest BCUT2D eigenvalue weighted by Gasteiger charge is -2.40. The van der Waals surface area contributed by atoms with Crippen LogP contribution in [0.5, 0.6) is 0 Å². The number of fused-ring (bicyclic) bond motifs is 1. The average Bonchev–Trinajstić information content (AvgIpc) is 2.41. The van der Waals surface area contributed by atoms with E-state index in [1.165, 1.54) is 5.56 Å². The van der Waals surface area contributed by atoms with E-state index in [9.17, 15) is 14.7 Å². The second kappa shape index (κ2) is 4.81. The van der Waals surface area contributed by atoms with E-state index in [4.69, 9.17) is 0 Å². The Balaban J connectivity index is 1.69. The number of aliphatic carboxylic acids is 1. The van der Waals surface area contributed by atoms with Gasteiger partial charge in [-0.3, -0.25) is 0 Å². The zero-order valence-electron chi connectivity index (χ0n) is 11.3. The van der Waals surface area contributed by atoms with E-state index in [0.717, 1.165) is 18.4 Å². The summed E-state index contributed by atoms with van der Waals surface area (Å²) in [5, 5.41) is 12.0. The molecule has 5 nitrogen and oxygen atoms in total. The molecule has 2 N–H and O–H groups in total. The van der Waals surface area contributed by atoms with Crippen molar-refractivity contribution in [3.05, 3.63) is 35.4 Å². The molecule has 2 aliphatic rings. The van der Waals surface area contributed by atoms with Gasteiger partial charge in [0.2, 0.25) is 0 Å². The summed E-state index contributed by atoms with van der Waals surface area (Å²) in [6, 6.07) is 7.80. The molecule has 0 aromatic heterocycles. The molecular formula is C15H18N2O3. The standard InChI is InChI=1S/C15H18N2O3/c18-13(19)15(7-3-8-15)16-14(20)17-9-6-11-4-1-2-5-12(11)10-17/h1-2,4-5H,3,6-10H2,(H,16,20)(H,18,19). The lowest BCUT2D eigenvalue weighted by atomic mass is 9.77. The first-order valence-corrected chi connectivity index (χ1v) is 6.98. The van der Waals surface area contributed by atoms with Gasteiger partial charge in [0.25, 0.3) is 0 Å². The van der Waals surface area contributed by atoms with E-state index in [-0.39, 0.29) is 6.03 Å². The first-order valence-electron chi connectivity index (χ1n) is 6.98. The fourth-order valence-electron chi connectivity index (χ4n) is 2.88. The number of amides is 2. The molecule has 20 heavy (non-hydrogen) atoms. The number of benzene rings is 1. The van der Waals surface area contributed by atoms with Crippen molar-refractivity contribution in [2.24, 2.45) is 0 Å². The van der Waals surface area contributed by atoms with Gasteiger partial charge in [0.05, 0.1) is 0 Å². The second-order valence-electron chi connectivity index (χ2n) is 5.61.